The first kappa shape index (κ1) is 15.0. The zero-order valence-electron chi connectivity index (χ0n) is 12.6. The summed E-state index contributed by atoms with van der Waals surface area (Å²) in [4.78, 5) is 4.34. The van der Waals surface area contributed by atoms with Crippen molar-refractivity contribution < 1.29 is 4.57 Å². The minimum absolute atomic E-state index is 0.409. The van der Waals surface area contributed by atoms with Crippen LogP contribution < -0.4 is 4.57 Å². The monoisotopic (exact) mass is 289 g/mol. The fourth-order valence-corrected chi connectivity index (χ4v) is 2.66. The van der Waals surface area contributed by atoms with Crippen LogP contribution in [0.1, 0.15) is 49.4 Å². The van der Waals surface area contributed by atoms with Gasteiger partial charge in [-0.2, -0.15) is 0 Å². The first-order chi connectivity index (χ1) is 9.47. The van der Waals surface area contributed by atoms with Crippen molar-refractivity contribution in [2.75, 3.05) is 0 Å². The summed E-state index contributed by atoms with van der Waals surface area (Å²) in [5, 5.41) is 0.563. The topological polar surface area (TPSA) is 16.8 Å². The second-order valence-corrected chi connectivity index (χ2v) is 6.09. The van der Waals surface area contributed by atoms with Crippen LogP contribution in [0, 0.1) is 6.92 Å². The van der Waals surface area contributed by atoms with Crippen LogP contribution in [-0.2, 0) is 6.54 Å². The van der Waals surface area contributed by atoms with Crippen LogP contribution in [-0.4, -0.2) is 4.98 Å². The standard InChI is InChI=1S/C17H22ClN2/c1-12(2)15-6-5-9-20(11-15)10-13(3)16-7-8-17(18)19-14(16)4/h5-9,11-13H,10H2,1-4H3/q+1. The minimum Gasteiger partial charge on any atom is -0.241 e. The molecule has 106 valence electrons. The van der Waals surface area contributed by atoms with Crippen molar-refractivity contribution in [2.24, 2.45) is 0 Å². The molecule has 0 aliphatic rings. The quantitative estimate of drug-likeness (QED) is 0.607. The molecular weight excluding hydrogens is 268 g/mol. The maximum Gasteiger partial charge on any atom is 0.172 e. The summed E-state index contributed by atoms with van der Waals surface area (Å²) in [6, 6.07) is 8.26. The van der Waals surface area contributed by atoms with E-state index >= 15 is 0 Å². The Morgan fingerprint density at radius 1 is 1.20 bits per heavy atom. The highest BCUT2D eigenvalue weighted by molar-refractivity contribution is 6.29. The van der Waals surface area contributed by atoms with Crippen molar-refractivity contribution in [3.63, 3.8) is 0 Å². The van der Waals surface area contributed by atoms with Gasteiger partial charge in [-0.1, -0.05) is 38.4 Å². The van der Waals surface area contributed by atoms with E-state index in [1.807, 2.05) is 13.0 Å². The molecule has 0 aliphatic carbocycles. The largest absolute Gasteiger partial charge is 0.241 e. The number of halogens is 1. The van der Waals surface area contributed by atoms with E-state index in [1.165, 1.54) is 11.1 Å². The van der Waals surface area contributed by atoms with Crippen molar-refractivity contribution in [3.8, 4) is 0 Å². The zero-order valence-corrected chi connectivity index (χ0v) is 13.4. The lowest BCUT2D eigenvalue weighted by Crippen LogP contribution is -2.36. The average molecular weight is 290 g/mol. The fourth-order valence-electron chi connectivity index (χ4n) is 2.47. The van der Waals surface area contributed by atoms with Crippen LogP contribution in [0.5, 0.6) is 0 Å². The molecule has 0 aromatic carbocycles. The lowest BCUT2D eigenvalue weighted by molar-refractivity contribution is -0.699. The Morgan fingerprint density at radius 2 is 1.95 bits per heavy atom. The summed E-state index contributed by atoms with van der Waals surface area (Å²) in [6.45, 7) is 9.64. The Balaban J connectivity index is 2.19. The number of aromatic nitrogens is 2. The van der Waals surface area contributed by atoms with Gasteiger partial charge in [-0.15, -0.1) is 0 Å². The van der Waals surface area contributed by atoms with Gasteiger partial charge in [0.25, 0.3) is 0 Å². The third kappa shape index (κ3) is 3.57. The number of nitrogens with zero attached hydrogens (tertiary/aromatic N) is 2. The Kier molecular flexibility index (Phi) is 4.77. The van der Waals surface area contributed by atoms with E-state index in [-0.39, 0.29) is 0 Å². The van der Waals surface area contributed by atoms with Gasteiger partial charge in [0.15, 0.2) is 18.9 Å². The van der Waals surface area contributed by atoms with Crippen LogP contribution in [0.25, 0.3) is 0 Å². The summed E-state index contributed by atoms with van der Waals surface area (Å²) in [6.07, 6.45) is 4.36. The molecule has 20 heavy (non-hydrogen) atoms. The normalized spacial score (nSPS) is 12.7. The SMILES string of the molecule is Cc1nc(Cl)ccc1C(C)C[n+]1cccc(C(C)C)c1. The average Bonchev–Trinajstić information content (AvgIpc) is 2.38. The molecule has 1 unspecified atom stereocenters. The first-order valence-corrected chi connectivity index (χ1v) is 7.47. The van der Waals surface area contributed by atoms with E-state index in [1.54, 1.807) is 0 Å². The number of rotatable bonds is 4. The van der Waals surface area contributed by atoms with Crippen molar-refractivity contribution in [1.29, 1.82) is 0 Å². The maximum atomic E-state index is 5.92. The fraction of sp³-hybridized carbons (Fsp3) is 0.412. The predicted molar refractivity (Wildman–Crippen MR) is 83.1 cm³/mol. The van der Waals surface area contributed by atoms with E-state index in [2.05, 4.69) is 60.9 Å². The second kappa shape index (κ2) is 6.36. The van der Waals surface area contributed by atoms with Crippen molar-refractivity contribution in [3.05, 3.63) is 58.6 Å². The molecular formula is C17H22ClN2+. The smallest absolute Gasteiger partial charge is 0.172 e. The van der Waals surface area contributed by atoms with Crippen LogP contribution in [0.3, 0.4) is 0 Å². The lowest BCUT2D eigenvalue weighted by Gasteiger charge is -2.12. The molecule has 0 spiro atoms. The third-order valence-corrected chi connectivity index (χ3v) is 3.87. The Morgan fingerprint density at radius 3 is 2.60 bits per heavy atom. The second-order valence-electron chi connectivity index (χ2n) is 5.70. The molecule has 0 saturated carbocycles. The lowest BCUT2D eigenvalue weighted by atomic mass is 9.99. The number of hydrogen-bond donors (Lipinski definition) is 0. The molecule has 2 aromatic heterocycles. The Labute approximate surface area is 126 Å². The molecule has 2 aromatic rings. The summed E-state index contributed by atoms with van der Waals surface area (Å²) in [7, 11) is 0. The van der Waals surface area contributed by atoms with Gasteiger partial charge >= 0.3 is 0 Å². The molecule has 0 radical (unpaired) electrons. The number of pyridine rings is 2. The Hall–Kier alpha value is -1.41. The Bertz CT molecular complexity index is 593. The number of hydrogen-bond acceptors (Lipinski definition) is 1. The predicted octanol–water partition coefficient (Wildman–Crippen LogP) is 4.26. The van der Waals surface area contributed by atoms with E-state index < -0.39 is 0 Å². The highest BCUT2D eigenvalue weighted by Crippen LogP contribution is 2.20. The van der Waals surface area contributed by atoms with E-state index in [9.17, 15) is 0 Å². The van der Waals surface area contributed by atoms with Gasteiger partial charge in [0.05, 0.1) is 0 Å². The molecule has 0 amide bonds. The van der Waals surface area contributed by atoms with Crippen LogP contribution in [0.4, 0.5) is 0 Å². The highest BCUT2D eigenvalue weighted by atomic mass is 35.5. The van der Waals surface area contributed by atoms with Crippen LogP contribution in [0.2, 0.25) is 5.15 Å². The van der Waals surface area contributed by atoms with Crippen molar-refractivity contribution in [2.45, 2.75) is 46.1 Å². The molecule has 2 heterocycles. The van der Waals surface area contributed by atoms with Crippen LogP contribution in [0.15, 0.2) is 36.7 Å². The van der Waals surface area contributed by atoms with Gasteiger partial charge < -0.3 is 0 Å². The van der Waals surface area contributed by atoms with Gasteiger partial charge in [0.1, 0.15) is 5.15 Å². The molecule has 3 heteroatoms. The minimum atomic E-state index is 0.409. The molecule has 2 rings (SSSR count). The zero-order chi connectivity index (χ0) is 14.7. The molecule has 2 nitrogen and oxygen atoms in total. The molecule has 1 atom stereocenters. The van der Waals surface area contributed by atoms with E-state index in [4.69, 9.17) is 11.6 Å². The van der Waals surface area contributed by atoms with Gasteiger partial charge in [0.2, 0.25) is 0 Å². The van der Waals surface area contributed by atoms with Gasteiger partial charge in [-0.3, -0.25) is 0 Å². The summed E-state index contributed by atoms with van der Waals surface area (Å²) >= 11 is 5.92. The first-order valence-electron chi connectivity index (χ1n) is 7.09. The highest BCUT2D eigenvalue weighted by Gasteiger charge is 2.15. The summed E-state index contributed by atoms with van der Waals surface area (Å²) in [5.74, 6) is 0.962. The maximum absolute atomic E-state index is 5.92. The molecule has 0 bridgehead atoms. The molecule has 0 N–H and O–H groups in total. The molecule has 0 fully saturated rings. The van der Waals surface area contributed by atoms with Crippen molar-refractivity contribution in [1.82, 2.24) is 4.98 Å². The molecule has 0 saturated heterocycles. The summed E-state index contributed by atoms with van der Waals surface area (Å²) in [5.41, 5.74) is 3.65. The van der Waals surface area contributed by atoms with E-state index in [0.717, 1.165) is 12.2 Å². The van der Waals surface area contributed by atoms with Gasteiger partial charge in [0, 0.05) is 23.2 Å². The third-order valence-electron chi connectivity index (χ3n) is 3.66. The van der Waals surface area contributed by atoms with Crippen LogP contribution >= 0.6 is 11.6 Å². The van der Waals surface area contributed by atoms with Crippen molar-refractivity contribution >= 4 is 11.6 Å². The van der Waals surface area contributed by atoms with Gasteiger partial charge in [-0.05, 0) is 30.5 Å². The van der Waals surface area contributed by atoms with Gasteiger partial charge in [-0.25, -0.2) is 9.55 Å². The number of aryl methyl sites for hydroxylation is 1. The molecule has 0 aliphatic heterocycles. The van der Waals surface area contributed by atoms with E-state index in [0.29, 0.717) is 17.0 Å². The summed E-state index contributed by atoms with van der Waals surface area (Å²) < 4.78 is 2.26.